The molecule has 1 atom stereocenters. The highest BCUT2D eigenvalue weighted by atomic mass is 19.4. The standard InChI is InChI=1S/C10H8F4O/c11-9-2-1-7(10(12,13)14)3-6(9)4-8-5-15-8/h1-3,8H,4-5H2. The van der Waals surface area contributed by atoms with E-state index >= 15 is 0 Å². The van der Waals surface area contributed by atoms with Crippen LogP contribution in [-0.4, -0.2) is 12.7 Å². The molecule has 1 fully saturated rings. The minimum absolute atomic E-state index is 0.0623. The van der Waals surface area contributed by atoms with Crippen LogP contribution in [0.25, 0.3) is 0 Å². The lowest BCUT2D eigenvalue weighted by molar-refractivity contribution is -0.137. The maximum absolute atomic E-state index is 13.1. The number of rotatable bonds is 2. The molecule has 0 bridgehead atoms. The Balaban J connectivity index is 2.27. The van der Waals surface area contributed by atoms with E-state index in [1.807, 2.05) is 0 Å². The molecule has 0 aliphatic carbocycles. The van der Waals surface area contributed by atoms with Crippen LogP contribution in [-0.2, 0) is 17.3 Å². The maximum Gasteiger partial charge on any atom is 0.416 e. The largest absolute Gasteiger partial charge is 0.416 e. The minimum atomic E-state index is -4.42. The van der Waals surface area contributed by atoms with E-state index in [1.54, 1.807) is 0 Å². The molecule has 0 amide bonds. The molecule has 0 saturated carbocycles. The molecule has 0 radical (unpaired) electrons. The Bertz CT molecular complexity index is 368. The van der Waals surface area contributed by atoms with E-state index in [1.165, 1.54) is 0 Å². The van der Waals surface area contributed by atoms with Crippen LogP contribution in [0.4, 0.5) is 17.6 Å². The van der Waals surface area contributed by atoms with E-state index in [0.717, 1.165) is 18.2 Å². The van der Waals surface area contributed by atoms with Crippen LogP contribution in [0.3, 0.4) is 0 Å². The van der Waals surface area contributed by atoms with Crippen molar-refractivity contribution in [3.8, 4) is 0 Å². The Morgan fingerprint density at radius 3 is 2.53 bits per heavy atom. The molecule has 0 spiro atoms. The Hall–Kier alpha value is -1.10. The average molecular weight is 220 g/mol. The zero-order valence-electron chi connectivity index (χ0n) is 7.64. The summed E-state index contributed by atoms with van der Waals surface area (Å²) in [5.41, 5.74) is -0.758. The highest BCUT2D eigenvalue weighted by Crippen LogP contribution is 2.31. The summed E-state index contributed by atoms with van der Waals surface area (Å²) in [6, 6.07) is 2.43. The van der Waals surface area contributed by atoms with Crippen molar-refractivity contribution in [1.29, 1.82) is 0 Å². The summed E-state index contributed by atoms with van der Waals surface area (Å²) < 4.78 is 54.9. The van der Waals surface area contributed by atoms with Gasteiger partial charge in [-0.05, 0) is 23.8 Å². The number of hydrogen-bond donors (Lipinski definition) is 0. The van der Waals surface area contributed by atoms with Gasteiger partial charge < -0.3 is 4.74 Å². The molecule has 5 heteroatoms. The third-order valence-electron chi connectivity index (χ3n) is 2.22. The first-order chi connectivity index (χ1) is 6.97. The van der Waals surface area contributed by atoms with Gasteiger partial charge in [-0.1, -0.05) is 0 Å². The molecule has 1 heterocycles. The van der Waals surface area contributed by atoms with Gasteiger partial charge in [0.05, 0.1) is 18.3 Å². The number of epoxide rings is 1. The van der Waals surface area contributed by atoms with E-state index in [9.17, 15) is 17.6 Å². The monoisotopic (exact) mass is 220 g/mol. The molecule has 1 aromatic carbocycles. The van der Waals surface area contributed by atoms with Crippen molar-refractivity contribution in [3.63, 3.8) is 0 Å². The van der Waals surface area contributed by atoms with Crippen molar-refractivity contribution in [2.24, 2.45) is 0 Å². The number of hydrogen-bond acceptors (Lipinski definition) is 1. The van der Waals surface area contributed by atoms with Crippen LogP contribution in [0.15, 0.2) is 18.2 Å². The molecular weight excluding hydrogens is 212 g/mol. The highest BCUT2D eigenvalue weighted by molar-refractivity contribution is 5.28. The lowest BCUT2D eigenvalue weighted by Crippen LogP contribution is -2.07. The molecule has 1 unspecified atom stereocenters. The summed E-state index contributed by atoms with van der Waals surface area (Å²) >= 11 is 0. The van der Waals surface area contributed by atoms with Crippen molar-refractivity contribution in [2.45, 2.75) is 18.7 Å². The molecule has 1 aliphatic rings. The first kappa shape index (κ1) is 10.4. The number of ether oxygens (including phenoxy) is 1. The summed E-state index contributed by atoms with van der Waals surface area (Å²) in [6.07, 6.45) is -4.34. The zero-order chi connectivity index (χ0) is 11.1. The van der Waals surface area contributed by atoms with Crippen LogP contribution >= 0.6 is 0 Å². The Kier molecular flexibility index (Phi) is 2.42. The fourth-order valence-corrected chi connectivity index (χ4v) is 1.34. The highest BCUT2D eigenvalue weighted by Gasteiger charge is 2.32. The van der Waals surface area contributed by atoms with E-state index in [4.69, 9.17) is 4.74 Å². The second-order valence-corrected chi connectivity index (χ2v) is 3.46. The van der Waals surface area contributed by atoms with E-state index in [2.05, 4.69) is 0 Å². The lowest BCUT2D eigenvalue weighted by Gasteiger charge is -2.08. The average Bonchev–Trinajstić information content (AvgIpc) is 2.90. The van der Waals surface area contributed by atoms with Crippen LogP contribution in [0, 0.1) is 5.82 Å². The summed E-state index contributed by atoms with van der Waals surface area (Å²) in [5.74, 6) is -0.612. The van der Waals surface area contributed by atoms with Crippen molar-refractivity contribution in [1.82, 2.24) is 0 Å². The summed E-state index contributed by atoms with van der Waals surface area (Å²) in [4.78, 5) is 0. The molecule has 1 aromatic rings. The van der Waals surface area contributed by atoms with Gasteiger partial charge in [-0.15, -0.1) is 0 Å². The molecule has 2 rings (SSSR count). The van der Waals surface area contributed by atoms with Crippen molar-refractivity contribution in [3.05, 3.63) is 35.1 Å². The van der Waals surface area contributed by atoms with Crippen molar-refractivity contribution < 1.29 is 22.3 Å². The second kappa shape index (κ2) is 3.48. The zero-order valence-corrected chi connectivity index (χ0v) is 7.64. The van der Waals surface area contributed by atoms with Gasteiger partial charge in [-0.3, -0.25) is 0 Å². The van der Waals surface area contributed by atoms with Gasteiger partial charge in [0.25, 0.3) is 0 Å². The van der Waals surface area contributed by atoms with Gasteiger partial charge in [-0.25, -0.2) is 4.39 Å². The van der Waals surface area contributed by atoms with Gasteiger partial charge in [-0.2, -0.15) is 13.2 Å². The van der Waals surface area contributed by atoms with E-state index in [0.29, 0.717) is 6.61 Å². The molecular formula is C10H8F4O. The van der Waals surface area contributed by atoms with Gasteiger partial charge in [0, 0.05) is 6.42 Å². The Morgan fingerprint density at radius 2 is 2.00 bits per heavy atom. The van der Waals surface area contributed by atoms with Crippen molar-refractivity contribution >= 4 is 0 Å². The van der Waals surface area contributed by atoms with Crippen LogP contribution < -0.4 is 0 Å². The molecule has 1 saturated heterocycles. The number of alkyl halides is 3. The Morgan fingerprint density at radius 1 is 1.33 bits per heavy atom. The fourth-order valence-electron chi connectivity index (χ4n) is 1.34. The van der Waals surface area contributed by atoms with E-state index < -0.39 is 17.6 Å². The third kappa shape index (κ3) is 2.47. The minimum Gasteiger partial charge on any atom is -0.373 e. The van der Waals surface area contributed by atoms with Crippen LogP contribution in [0.5, 0.6) is 0 Å². The first-order valence-electron chi connectivity index (χ1n) is 4.44. The van der Waals surface area contributed by atoms with Gasteiger partial charge in [0.15, 0.2) is 0 Å². The normalized spacial score (nSPS) is 20.4. The second-order valence-electron chi connectivity index (χ2n) is 3.46. The predicted molar refractivity (Wildman–Crippen MR) is 44.8 cm³/mol. The van der Waals surface area contributed by atoms with Gasteiger partial charge in [0.2, 0.25) is 0 Å². The summed E-state index contributed by atoms with van der Waals surface area (Å²) in [6.45, 7) is 0.496. The first-order valence-corrected chi connectivity index (χ1v) is 4.44. The topological polar surface area (TPSA) is 12.5 Å². The lowest BCUT2D eigenvalue weighted by atomic mass is 10.1. The molecule has 0 aromatic heterocycles. The predicted octanol–water partition coefficient (Wildman–Crippen LogP) is 2.79. The maximum atomic E-state index is 13.1. The summed E-state index contributed by atoms with van der Waals surface area (Å²) in [7, 11) is 0. The molecule has 0 N–H and O–H groups in total. The molecule has 1 nitrogen and oxygen atoms in total. The summed E-state index contributed by atoms with van der Waals surface area (Å²) in [5, 5.41) is 0. The quantitative estimate of drug-likeness (QED) is 0.551. The SMILES string of the molecule is Fc1ccc(C(F)(F)F)cc1CC1CO1. The third-order valence-corrected chi connectivity index (χ3v) is 2.22. The molecule has 1 aliphatic heterocycles. The van der Waals surface area contributed by atoms with Gasteiger partial charge in [0.1, 0.15) is 5.82 Å². The molecule has 82 valence electrons. The smallest absolute Gasteiger partial charge is 0.373 e. The Labute approximate surface area is 83.7 Å². The van der Waals surface area contributed by atoms with Gasteiger partial charge >= 0.3 is 6.18 Å². The van der Waals surface area contributed by atoms with Crippen LogP contribution in [0.1, 0.15) is 11.1 Å². The molecule has 15 heavy (non-hydrogen) atoms. The van der Waals surface area contributed by atoms with E-state index in [-0.39, 0.29) is 18.1 Å². The number of halogens is 4. The fraction of sp³-hybridized carbons (Fsp3) is 0.400. The van der Waals surface area contributed by atoms with Crippen molar-refractivity contribution in [2.75, 3.05) is 6.61 Å². The van der Waals surface area contributed by atoms with Crippen LogP contribution in [0.2, 0.25) is 0 Å². The number of benzene rings is 1.